The van der Waals surface area contributed by atoms with Crippen LogP contribution in [0, 0.1) is 5.92 Å². The Kier molecular flexibility index (Phi) is 5.51. The Morgan fingerprint density at radius 1 is 1.60 bits per heavy atom. The highest BCUT2D eigenvalue weighted by Gasteiger charge is 2.34. The molecule has 1 saturated heterocycles. The maximum Gasteiger partial charge on any atom is 0.223 e. The minimum atomic E-state index is -0.0544. The van der Waals surface area contributed by atoms with E-state index in [1.54, 1.807) is 0 Å². The van der Waals surface area contributed by atoms with Crippen LogP contribution in [0.4, 0.5) is 0 Å². The molecule has 2 atom stereocenters. The molecular formula is C14H20BrClN2OS. The summed E-state index contributed by atoms with van der Waals surface area (Å²) < 4.78 is 1.60. The van der Waals surface area contributed by atoms with Gasteiger partial charge in [-0.2, -0.15) is 0 Å². The van der Waals surface area contributed by atoms with E-state index in [1.807, 2.05) is 11.0 Å². The van der Waals surface area contributed by atoms with Gasteiger partial charge in [-0.15, -0.1) is 11.3 Å². The first-order chi connectivity index (χ1) is 9.40. The van der Waals surface area contributed by atoms with Crippen molar-refractivity contribution >= 4 is 44.8 Å². The molecule has 112 valence electrons. The van der Waals surface area contributed by atoms with Crippen molar-refractivity contribution in [2.24, 2.45) is 11.7 Å². The summed E-state index contributed by atoms with van der Waals surface area (Å²) in [5.41, 5.74) is 6.35. The van der Waals surface area contributed by atoms with Crippen molar-refractivity contribution in [1.29, 1.82) is 0 Å². The van der Waals surface area contributed by atoms with Gasteiger partial charge >= 0.3 is 0 Å². The first kappa shape index (κ1) is 16.3. The van der Waals surface area contributed by atoms with Gasteiger partial charge in [-0.05, 0) is 40.8 Å². The Hall–Kier alpha value is -0.100. The highest BCUT2D eigenvalue weighted by Crippen LogP contribution is 2.40. The van der Waals surface area contributed by atoms with E-state index in [-0.39, 0.29) is 18.0 Å². The molecule has 0 aliphatic carbocycles. The number of rotatable bonds is 3. The molecular weight excluding hydrogens is 360 g/mol. The minimum absolute atomic E-state index is 0.0261. The molecule has 2 N–H and O–H groups in total. The number of hydrogen-bond donors (Lipinski definition) is 1. The van der Waals surface area contributed by atoms with Crippen molar-refractivity contribution in [3.05, 3.63) is 19.8 Å². The summed E-state index contributed by atoms with van der Waals surface area (Å²) in [5, 5.41) is 0. The lowest BCUT2D eigenvalue weighted by atomic mass is 10.0. The summed E-state index contributed by atoms with van der Waals surface area (Å²) in [6, 6.07) is 1.92. The fourth-order valence-electron chi connectivity index (χ4n) is 2.66. The van der Waals surface area contributed by atoms with Gasteiger partial charge in [0.15, 0.2) is 0 Å². The predicted octanol–water partition coefficient (Wildman–Crippen LogP) is 4.20. The van der Waals surface area contributed by atoms with Gasteiger partial charge in [0.05, 0.1) is 6.04 Å². The second kappa shape index (κ2) is 6.77. The van der Waals surface area contributed by atoms with E-state index < -0.39 is 0 Å². The third-order valence-electron chi connectivity index (χ3n) is 3.51. The van der Waals surface area contributed by atoms with Crippen LogP contribution < -0.4 is 5.73 Å². The van der Waals surface area contributed by atoms with Crippen molar-refractivity contribution in [2.75, 3.05) is 6.54 Å². The van der Waals surface area contributed by atoms with Crippen molar-refractivity contribution in [2.45, 2.75) is 45.2 Å². The van der Waals surface area contributed by atoms with Crippen molar-refractivity contribution in [3.8, 4) is 0 Å². The Morgan fingerprint density at radius 3 is 2.85 bits per heavy atom. The smallest absolute Gasteiger partial charge is 0.223 e. The maximum atomic E-state index is 12.4. The normalized spacial score (nSPS) is 24.3. The van der Waals surface area contributed by atoms with Gasteiger partial charge in [0.25, 0.3) is 0 Å². The summed E-state index contributed by atoms with van der Waals surface area (Å²) in [7, 11) is 0. The molecule has 1 aliphatic rings. The van der Waals surface area contributed by atoms with Crippen LogP contribution in [-0.2, 0) is 4.79 Å². The topological polar surface area (TPSA) is 46.3 Å². The number of nitrogens with zero attached hydrogens (tertiary/aromatic N) is 1. The van der Waals surface area contributed by atoms with Crippen LogP contribution in [0.3, 0.4) is 0 Å². The monoisotopic (exact) mass is 378 g/mol. The van der Waals surface area contributed by atoms with Crippen LogP contribution in [0.5, 0.6) is 0 Å². The first-order valence-corrected chi connectivity index (χ1v) is 8.88. The fraction of sp³-hybridized carbons (Fsp3) is 0.643. The molecule has 1 aliphatic heterocycles. The highest BCUT2D eigenvalue weighted by atomic mass is 79.9. The van der Waals surface area contributed by atoms with E-state index in [1.165, 1.54) is 11.3 Å². The molecule has 2 heterocycles. The van der Waals surface area contributed by atoms with Gasteiger partial charge in [0, 0.05) is 28.4 Å². The lowest BCUT2D eigenvalue weighted by molar-refractivity contribution is -0.133. The van der Waals surface area contributed by atoms with Crippen molar-refractivity contribution in [3.63, 3.8) is 0 Å². The molecule has 1 amide bonds. The number of halogens is 2. The molecule has 0 aromatic carbocycles. The van der Waals surface area contributed by atoms with Crippen LogP contribution >= 0.6 is 38.9 Å². The molecule has 1 aromatic rings. The summed E-state index contributed by atoms with van der Waals surface area (Å²) >= 11 is 11.1. The molecule has 1 fully saturated rings. The zero-order valence-electron chi connectivity index (χ0n) is 11.7. The second-order valence-corrected chi connectivity index (χ2v) is 8.25. The standard InChI is InChI=1S/C14H20BrClN2OS/c1-8(2)7-18-12(19)5-3-4-10(17)13(18)11-6-9(15)14(16)20-11/h6,8,10,13H,3-5,7,17H2,1-2H3. The first-order valence-electron chi connectivity index (χ1n) is 6.90. The number of thiophene rings is 1. The zero-order chi connectivity index (χ0) is 14.9. The average Bonchev–Trinajstić information content (AvgIpc) is 2.60. The number of likely N-dealkylation sites (tertiary alicyclic amines) is 1. The summed E-state index contributed by atoms with van der Waals surface area (Å²) in [6.45, 7) is 4.99. The van der Waals surface area contributed by atoms with E-state index in [0.29, 0.717) is 16.7 Å². The molecule has 0 saturated carbocycles. The minimum Gasteiger partial charge on any atom is -0.333 e. The van der Waals surface area contributed by atoms with E-state index >= 15 is 0 Å². The second-order valence-electron chi connectivity index (χ2n) is 5.71. The van der Waals surface area contributed by atoms with E-state index in [0.717, 1.165) is 28.7 Å². The number of nitrogens with two attached hydrogens (primary N) is 1. The van der Waals surface area contributed by atoms with E-state index in [2.05, 4.69) is 29.8 Å². The van der Waals surface area contributed by atoms with Gasteiger partial charge in [-0.25, -0.2) is 0 Å². The maximum absolute atomic E-state index is 12.4. The number of hydrogen-bond acceptors (Lipinski definition) is 3. The Bertz CT molecular complexity index is 472. The van der Waals surface area contributed by atoms with Gasteiger partial charge in [-0.1, -0.05) is 25.4 Å². The summed E-state index contributed by atoms with van der Waals surface area (Å²) in [6.07, 6.45) is 2.33. The molecule has 6 heteroatoms. The predicted molar refractivity (Wildman–Crippen MR) is 88.1 cm³/mol. The van der Waals surface area contributed by atoms with Crippen LogP contribution in [0.2, 0.25) is 4.34 Å². The van der Waals surface area contributed by atoms with Crippen LogP contribution in [0.1, 0.15) is 44.0 Å². The van der Waals surface area contributed by atoms with E-state index in [4.69, 9.17) is 17.3 Å². The van der Waals surface area contributed by atoms with Gasteiger partial charge in [0.1, 0.15) is 4.34 Å². The lowest BCUT2D eigenvalue weighted by Crippen LogP contribution is -2.43. The van der Waals surface area contributed by atoms with Crippen molar-refractivity contribution in [1.82, 2.24) is 4.90 Å². The highest BCUT2D eigenvalue weighted by molar-refractivity contribution is 9.10. The summed E-state index contributed by atoms with van der Waals surface area (Å²) in [5.74, 6) is 0.628. The van der Waals surface area contributed by atoms with Gasteiger partial charge in [0.2, 0.25) is 5.91 Å². The third kappa shape index (κ3) is 3.56. The van der Waals surface area contributed by atoms with Crippen LogP contribution in [0.15, 0.2) is 10.5 Å². The quantitative estimate of drug-likeness (QED) is 0.855. The third-order valence-corrected chi connectivity index (χ3v) is 6.05. The zero-order valence-corrected chi connectivity index (χ0v) is 14.9. The van der Waals surface area contributed by atoms with Gasteiger partial charge < -0.3 is 10.6 Å². The fourth-order valence-corrected chi connectivity index (χ4v) is 4.58. The Labute approximate surface area is 137 Å². The van der Waals surface area contributed by atoms with Crippen molar-refractivity contribution < 1.29 is 4.79 Å². The molecule has 0 bridgehead atoms. The average molecular weight is 380 g/mol. The number of carbonyl (C=O) groups is 1. The Balaban J connectivity index is 2.37. The molecule has 0 radical (unpaired) electrons. The molecule has 2 unspecified atom stereocenters. The molecule has 1 aromatic heterocycles. The SMILES string of the molecule is CC(C)CN1C(=O)CCCC(N)C1c1cc(Br)c(Cl)s1. The molecule has 0 spiro atoms. The van der Waals surface area contributed by atoms with E-state index in [9.17, 15) is 4.79 Å². The molecule has 2 rings (SSSR count). The summed E-state index contributed by atoms with van der Waals surface area (Å²) in [4.78, 5) is 15.4. The molecule has 20 heavy (non-hydrogen) atoms. The lowest BCUT2D eigenvalue weighted by Gasteiger charge is -2.34. The number of carbonyl (C=O) groups excluding carboxylic acids is 1. The molecule has 3 nitrogen and oxygen atoms in total. The number of amides is 1. The Morgan fingerprint density at radius 2 is 2.30 bits per heavy atom. The van der Waals surface area contributed by atoms with Gasteiger partial charge in [-0.3, -0.25) is 4.79 Å². The van der Waals surface area contributed by atoms with Crippen LogP contribution in [-0.4, -0.2) is 23.4 Å². The largest absolute Gasteiger partial charge is 0.333 e. The van der Waals surface area contributed by atoms with Crippen LogP contribution in [0.25, 0.3) is 0 Å².